The van der Waals surface area contributed by atoms with E-state index in [2.05, 4.69) is 0 Å². The van der Waals surface area contributed by atoms with Gasteiger partial charge in [-0.1, -0.05) is 0 Å². The zero-order valence-electron chi connectivity index (χ0n) is 6.11. The molecule has 0 spiro atoms. The second-order valence-electron chi connectivity index (χ2n) is 1.17. The van der Waals surface area contributed by atoms with E-state index in [0.717, 1.165) is 0 Å². The summed E-state index contributed by atoms with van der Waals surface area (Å²) in [7, 11) is -6.33. The summed E-state index contributed by atoms with van der Waals surface area (Å²) in [6.45, 7) is 0. The summed E-state index contributed by atoms with van der Waals surface area (Å²) in [6, 6.07) is 0. The van der Waals surface area contributed by atoms with Gasteiger partial charge in [0.15, 0.2) is 9.84 Å². The van der Waals surface area contributed by atoms with Crippen molar-refractivity contribution in [2.24, 2.45) is 0 Å². The summed E-state index contributed by atoms with van der Waals surface area (Å²) in [5, 5.41) is 0. The monoisotopic (exact) mass is 197 g/mol. The Morgan fingerprint density at radius 3 is 1.33 bits per heavy atom. The molecule has 0 rings (SSSR count). The summed E-state index contributed by atoms with van der Waals surface area (Å²) >= 11 is 0. The fourth-order valence-corrected chi connectivity index (χ4v) is 0.262. The van der Waals surface area contributed by atoms with Crippen molar-refractivity contribution in [2.45, 2.75) is 5.51 Å². The summed E-state index contributed by atoms with van der Waals surface area (Å²) in [6.07, 6.45) is 0. The number of halogens is 5. The molecule has 12 heavy (non-hydrogen) atoms. The average molecular weight is 197 g/mol. The van der Waals surface area contributed by atoms with Crippen LogP contribution < -0.4 is 18.9 Å². The fraction of sp³-hybridized carbons (Fsp3) is 0.500. The molecule has 0 fully saturated rings. The molecule has 0 unspecified atom stereocenters. The van der Waals surface area contributed by atoms with Crippen LogP contribution in [-0.4, -0.2) is 32.8 Å². The molecule has 0 amide bonds. The number of hydrogen-bond donors (Lipinski definition) is 0. The van der Waals surface area contributed by atoms with E-state index in [9.17, 15) is 30.4 Å². The molecule has 0 saturated carbocycles. The molecular weight excluding hydrogens is 197 g/mol. The molecule has 0 N–H and O–H groups in total. The molecule has 63 valence electrons. The Morgan fingerprint density at radius 2 is 1.33 bits per heavy atom. The predicted molar refractivity (Wildman–Crippen MR) is 26.2 cm³/mol. The van der Waals surface area contributed by atoms with Crippen molar-refractivity contribution in [3.8, 4) is 0 Å². The van der Waals surface area contributed by atoms with Gasteiger partial charge in [0.1, 0.15) is 5.76 Å². The molecular formula is C2F5Li2O2S. The second kappa shape index (κ2) is 5.51. The molecule has 0 bridgehead atoms. The Bertz CT molecular complexity index is 208. The number of sulfone groups is 1. The van der Waals surface area contributed by atoms with E-state index in [1.165, 1.54) is 0 Å². The number of rotatable bonds is 1. The van der Waals surface area contributed by atoms with Gasteiger partial charge in [0.05, 0.1) is 0 Å². The first-order valence-electron chi connectivity index (χ1n) is 1.69. The topological polar surface area (TPSA) is 34.1 Å². The van der Waals surface area contributed by atoms with Crippen LogP contribution in [0.5, 0.6) is 0 Å². The standard InChI is InChI=1S/C2F5O2S.2Li/c3-1(4)10(8,9)2(5,6)7;;/q-1;;+1. The molecule has 2 nitrogen and oxygen atoms in total. The maximum atomic E-state index is 11.0. The SMILES string of the molecule is O=S(=O)([C-](F)F)C(F)(F)F.[Li+].[Li]. The van der Waals surface area contributed by atoms with Crippen LogP contribution in [-0.2, 0) is 9.84 Å². The molecule has 10 heteroatoms. The minimum absolute atomic E-state index is 0. The molecule has 0 aliphatic carbocycles. The minimum Gasteiger partial charge on any atom is -0.403 e. The molecule has 0 aliphatic rings. The minimum atomic E-state index is -6.33. The van der Waals surface area contributed by atoms with Gasteiger partial charge in [-0.2, -0.15) is 13.2 Å². The Morgan fingerprint density at radius 1 is 1.08 bits per heavy atom. The molecule has 0 saturated heterocycles. The Labute approximate surface area is 89.2 Å². The summed E-state index contributed by atoms with van der Waals surface area (Å²) in [4.78, 5) is 0. The van der Waals surface area contributed by atoms with Crippen LogP contribution in [0.1, 0.15) is 0 Å². The molecule has 0 aromatic rings. The third kappa shape index (κ3) is 4.15. The van der Waals surface area contributed by atoms with Crippen molar-refractivity contribution in [1.29, 1.82) is 0 Å². The van der Waals surface area contributed by atoms with Crippen molar-refractivity contribution < 1.29 is 49.2 Å². The van der Waals surface area contributed by atoms with Crippen LogP contribution in [0.15, 0.2) is 0 Å². The van der Waals surface area contributed by atoms with Gasteiger partial charge in [-0.15, -0.1) is 0 Å². The largest absolute Gasteiger partial charge is 1.00 e. The van der Waals surface area contributed by atoms with E-state index in [-0.39, 0.29) is 37.7 Å². The fourth-order valence-electron chi connectivity index (χ4n) is 0.0875. The van der Waals surface area contributed by atoms with Gasteiger partial charge in [-0.3, -0.25) is 0 Å². The average Bonchev–Trinajstić information content (AvgIpc) is 1.62. The summed E-state index contributed by atoms with van der Waals surface area (Å²) in [5.41, 5.74) is -5.90. The van der Waals surface area contributed by atoms with Gasteiger partial charge in [0.25, 0.3) is 0 Å². The van der Waals surface area contributed by atoms with Gasteiger partial charge in [-0.05, 0) is 0 Å². The first-order valence-corrected chi connectivity index (χ1v) is 3.17. The first-order chi connectivity index (χ1) is 4.19. The summed E-state index contributed by atoms with van der Waals surface area (Å²) in [5.74, 6) is -3.64. The maximum absolute atomic E-state index is 11.0. The van der Waals surface area contributed by atoms with E-state index < -0.39 is 21.1 Å². The molecule has 1 radical (unpaired) electrons. The molecule has 0 aromatic carbocycles. The Hall–Kier alpha value is 0.795. The predicted octanol–water partition coefficient (Wildman–Crippen LogP) is -2.07. The molecule has 0 heterocycles. The Kier molecular flexibility index (Phi) is 8.52. The van der Waals surface area contributed by atoms with Gasteiger partial charge in [0, 0.05) is 18.9 Å². The van der Waals surface area contributed by atoms with Gasteiger partial charge < -0.3 is 8.78 Å². The van der Waals surface area contributed by atoms with E-state index >= 15 is 0 Å². The van der Waals surface area contributed by atoms with Crippen LogP contribution in [0.4, 0.5) is 22.0 Å². The molecule has 0 aromatic heterocycles. The zero-order valence-corrected chi connectivity index (χ0v) is 6.93. The van der Waals surface area contributed by atoms with E-state index in [1.54, 1.807) is 0 Å². The van der Waals surface area contributed by atoms with E-state index in [0.29, 0.717) is 0 Å². The van der Waals surface area contributed by atoms with Crippen LogP contribution in [0, 0.1) is 5.76 Å². The van der Waals surface area contributed by atoms with Gasteiger partial charge >= 0.3 is 24.4 Å². The van der Waals surface area contributed by atoms with Crippen LogP contribution in [0.25, 0.3) is 0 Å². The van der Waals surface area contributed by atoms with E-state index in [4.69, 9.17) is 0 Å². The number of alkyl halides is 3. The van der Waals surface area contributed by atoms with Crippen molar-refractivity contribution in [1.82, 2.24) is 0 Å². The normalized spacial score (nSPS) is 11.8. The summed E-state index contributed by atoms with van der Waals surface area (Å²) < 4.78 is 73.7. The van der Waals surface area contributed by atoms with Crippen LogP contribution >= 0.6 is 0 Å². The third-order valence-electron chi connectivity index (χ3n) is 0.508. The van der Waals surface area contributed by atoms with E-state index in [1.807, 2.05) is 0 Å². The maximum Gasteiger partial charge on any atom is 1.00 e. The second-order valence-corrected chi connectivity index (χ2v) is 2.95. The van der Waals surface area contributed by atoms with Crippen LogP contribution in [0.2, 0.25) is 0 Å². The van der Waals surface area contributed by atoms with Crippen LogP contribution in [0.3, 0.4) is 0 Å². The molecule has 0 aliphatic heterocycles. The smallest absolute Gasteiger partial charge is 0.403 e. The van der Waals surface area contributed by atoms with Crippen molar-refractivity contribution in [2.75, 3.05) is 0 Å². The van der Waals surface area contributed by atoms with Crippen molar-refractivity contribution >= 4 is 28.7 Å². The van der Waals surface area contributed by atoms with Gasteiger partial charge in [-0.25, -0.2) is 8.42 Å². The number of hydrogen-bond acceptors (Lipinski definition) is 2. The third-order valence-corrected chi connectivity index (χ3v) is 1.52. The van der Waals surface area contributed by atoms with Gasteiger partial charge in [0.2, 0.25) is 0 Å². The van der Waals surface area contributed by atoms with Crippen molar-refractivity contribution in [3.05, 3.63) is 5.76 Å². The first kappa shape index (κ1) is 18.6. The Balaban J connectivity index is -0.000000405. The molecule has 0 atom stereocenters. The zero-order chi connectivity index (χ0) is 8.58. The quantitative estimate of drug-likeness (QED) is 0.275. The van der Waals surface area contributed by atoms with Crippen molar-refractivity contribution in [3.63, 3.8) is 0 Å².